The molecule has 6 nitrogen and oxygen atoms in total. The zero-order chi connectivity index (χ0) is 16.7. The van der Waals surface area contributed by atoms with E-state index in [9.17, 15) is 5.11 Å². The van der Waals surface area contributed by atoms with Crippen molar-refractivity contribution in [3.05, 3.63) is 18.2 Å². The van der Waals surface area contributed by atoms with Crippen LogP contribution in [0.4, 0.5) is 0 Å². The van der Waals surface area contributed by atoms with E-state index in [1.807, 2.05) is 12.5 Å². The standard InChI is InChI=1S/C18H29N3O3/c1-13(2)21-12-19-7-15(21)9-20-8-14-10-24-6-4-18(14,22)16-11-23-5-3-17(16)20/h7,12-14,16-17,22H,3-6,8-11H2,1-2H3/t14-,16+,17-,18-/m0/s1. The van der Waals surface area contributed by atoms with Crippen molar-refractivity contribution in [3.8, 4) is 0 Å². The van der Waals surface area contributed by atoms with Gasteiger partial charge in [-0.1, -0.05) is 0 Å². The molecule has 3 aliphatic rings. The molecule has 1 aromatic rings. The summed E-state index contributed by atoms with van der Waals surface area (Å²) in [7, 11) is 0. The second kappa shape index (κ2) is 6.41. The van der Waals surface area contributed by atoms with E-state index in [2.05, 4.69) is 28.3 Å². The lowest BCUT2D eigenvalue weighted by atomic mass is 9.66. The molecule has 3 aliphatic heterocycles. The molecule has 0 aliphatic carbocycles. The average Bonchev–Trinajstić information content (AvgIpc) is 3.04. The summed E-state index contributed by atoms with van der Waals surface area (Å²) in [5, 5.41) is 11.4. The summed E-state index contributed by atoms with van der Waals surface area (Å²) in [6.07, 6.45) is 5.63. The minimum Gasteiger partial charge on any atom is -0.389 e. The normalized spacial score (nSPS) is 37.2. The van der Waals surface area contributed by atoms with Crippen molar-refractivity contribution < 1.29 is 14.6 Å². The van der Waals surface area contributed by atoms with Gasteiger partial charge in [-0.25, -0.2) is 4.98 Å². The number of ether oxygens (including phenoxy) is 2. The fraction of sp³-hybridized carbons (Fsp3) is 0.833. The minimum absolute atomic E-state index is 0.171. The minimum atomic E-state index is -0.627. The van der Waals surface area contributed by atoms with Crippen molar-refractivity contribution in [1.29, 1.82) is 0 Å². The molecule has 4 heterocycles. The first-order chi connectivity index (χ1) is 11.6. The molecule has 4 rings (SSSR count). The molecule has 3 fully saturated rings. The van der Waals surface area contributed by atoms with Crippen LogP contribution in [0.15, 0.2) is 12.5 Å². The molecule has 6 heteroatoms. The number of aromatic nitrogens is 2. The van der Waals surface area contributed by atoms with E-state index in [0.29, 0.717) is 31.9 Å². The highest BCUT2D eigenvalue weighted by Crippen LogP contribution is 2.44. The molecule has 0 aromatic carbocycles. The van der Waals surface area contributed by atoms with Gasteiger partial charge in [0.2, 0.25) is 0 Å². The van der Waals surface area contributed by atoms with Crippen molar-refractivity contribution in [2.75, 3.05) is 33.0 Å². The topological polar surface area (TPSA) is 59.8 Å². The number of fused-ring (bicyclic) bond motifs is 3. The van der Waals surface area contributed by atoms with Crippen LogP contribution in [-0.4, -0.2) is 64.2 Å². The molecule has 0 radical (unpaired) electrons. The van der Waals surface area contributed by atoms with Crippen molar-refractivity contribution in [2.45, 2.75) is 50.9 Å². The Labute approximate surface area is 143 Å². The zero-order valence-electron chi connectivity index (χ0n) is 14.7. The lowest BCUT2D eigenvalue weighted by molar-refractivity contribution is -0.221. The maximum Gasteiger partial charge on any atom is 0.0951 e. The van der Waals surface area contributed by atoms with Crippen LogP contribution in [0.3, 0.4) is 0 Å². The van der Waals surface area contributed by atoms with E-state index in [1.54, 1.807) is 0 Å². The summed E-state index contributed by atoms with van der Waals surface area (Å²) in [6, 6.07) is 0.793. The molecule has 0 saturated carbocycles. The second-order valence-corrected chi connectivity index (χ2v) is 7.87. The number of aliphatic hydroxyl groups is 1. The Kier molecular flexibility index (Phi) is 4.41. The second-order valence-electron chi connectivity index (χ2n) is 7.87. The molecule has 1 N–H and O–H groups in total. The third-order valence-electron chi connectivity index (χ3n) is 6.23. The first-order valence-corrected chi connectivity index (χ1v) is 9.22. The molecule has 0 unspecified atom stereocenters. The number of rotatable bonds is 3. The highest BCUT2D eigenvalue weighted by molar-refractivity contribution is 5.08. The van der Waals surface area contributed by atoms with E-state index in [-0.39, 0.29) is 11.8 Å². The number of hydrogen-bond acceptors (Lipinski definition) is 5. The van der Waals surface area contributed by atoms with Crippen molar-refractivity contribution in [1.82, 2.24) is 14.5 Å². The predicted octanol–water partition coefficient (Wildman–Crippen LogP) is 1.45. The summed E-state index contributed by atoms with van der Waals surface area (Å²) in [4.78, 5) is 6.88. The molecule has 0 bridgehead atoms. The lowest BCUT2D eigenvalue weighted by Crippen LogP contribution is -2.67. The third-order valence-corrected chi connectivity index (χ3v) is 6.23. The summed E-state index contributed by atoms with van der Waals surface area (Å²) in [5.41, 5.74) is 0.621. The van der Waals surface area contributed by atoms with Crippen molar-refractivity contribution in [2.24, 2.45) is 11.8 Å². The van der Waals surface area contributed by atoms with E-state index in [1.165, 1.54) is 5.69 Å². The van der Waals surface area contributed by atoms with Gasteiger partial charge >= 0.3 is 0 Å². The van der Waals surface area contributed by atoms with Gasteiger partial charge in [-0.3, -0.25) is 4.90 Å². The van der Waals surface area contributed by atoms with Gasteiger partial charge in [0.1, 0.15) is 0 Å². The molecule has 24 heavy (non-hydrogen) atoms. The first-order valence-electron chi connectivity index (χ1n) is 9.22. The molecular formula is C18H29N3O3. The number of nitrogens with zero attached hydrogens (tertiary/aromatic N) is 3. The highest BCUT2D eigenvalue weighted by atomic mass is 16.5. The molecule has 4 atom stereocenters. The predicted molar refractivity (Wildman–Crippen MR) is 89.6 cm³/mol. The van der Waals surface area contributed by atoms with Crippen molar-refractivity contribution >= 4 is 0 Å². The van der Waals surface area contributed by atoms with Gasteiger partial charge in [0, 0.05) is 62.8 Å². The van der Waals surface area contributed by atoms with Crippen LogP contribution < -0.4 is 0 Å². The summed E-state index contributed by atoms with van der Waals surface area (Å²) in [6.45, 7) is 8.91. The lowest BCUT2D eigenvalue weighted by Gasteiger charge is -2.57. The number of imidazole rings is 1. The quantitative estimate of drug-likeness (QED) is 0.906. The number of hydrogen-bond donors (Lipinski definition) is 1. The van der Waals surface area contributed by atoms with Crippen LogP contribution in [0.2, 0.25) is 0 Å². The van der Waals surface area contributed by atoms with E-state index in [0.717, 1.165) is 32.5 Å². The van der Waals surface area contributed by atoms with Gasteiger partial charge in [-0.05, 0) is 20.3 Å². The number of piperidine rings is 1. The Balaban J connectivity index is 1.60. The zero-order valence-corrected chi connectivity index (χ0v) is 14.7. The fourth-order valence-corrected chi connectivity index (χ4v) is 4.88. The third kappa shape index (κ3) is 2.69. The first kappa shape index (κ1) is 16.5. The van der Waals surface area contributed by atoms with Gasteiger partial charge < -0.3 is 19.1 Å². The average molecular weight is 335 g/mol. The van der Waals surface area contributed by atoms with Gasteiger partial charge in [0.15, 0.2) is 0 Å². The fourth-order valence-electron chi connectivity index (χ4n) is 4.88. The molecular weight excluding hydrogens is 306 g/mol. The SMILES string of the molecule is CC(C)n1cncc1CN1C[C@H]2COCC[C@@]2(O)[C@@H]2COCC[C@@H]21. The van der Waals surface area contributed by atoms with Crippen LogP contribution in [0.1, 0.15) is 38.4 Å². The Morgan fingerprint density at radius 3 is 3.00 bits per heavy atom. The van der Waals surface area contributed by atoms with Gasteiger partial charge in [-0.15, -0.1) is 0 Å². The summed E-state index contributed by atoms with van der Waals surface area (Å²) >= 11 is 0. The van der Waals surface area contributed by atoms with Crippen LogP contribution in [0.5, 0.6) is 0 Å². The Hall–Kier alpha value is -0.950. The molecule has 0 spiro atoms. The Morgan fingerprint density at radius 2 is 2.17 bits per heavy atom. The largest absolute Gasteiger partial charge is 0.389 e. The molecule has 3 saturated heterocycles. The molecule has 1 aromatic heterocycles. The van der Waals surface area contributed by atoms with Crippen LogP contribution in [0, 0.1) is 11.8 Å². The van der Waals surface area contributed by atoms with Gasteiger partial charge in [0.25, 0.3) is 0 Å². The van der Waals surface area contributed by atoms with Crippen molar-refractivity contribution in [3.63, 3.8) is 0 Å². The maximum atomic E-state index is 11.4. The monoisotopic (exact) mass is 335 g/mol. The van der Waals surface area contributed by atoms with Gasteiger partial charge in [0.05, 0.1) is 30.8 Å². The van der Waals surface area contributed by atoms with Crippen LogP contribution in [0.25, 0.3) is 0 Å². The summed E-state index contributed by atoms with van der Waals surface area (Å²) < 4.78 is 13.7. The van der Waals surface area contributed by atoms with Gasteiger partial charge in [-0.2, -0.15) is 0 Å². The van der Waals surface area contributed by atoms with E-state index < -0.39 is 5.60 Å². The van der Waals surface area contributed by atoms with Crippen LogP contribution in [-0.2, 0) is 16.0 Å². The highest BCUT2D eigenvalue weighted by Gasteiger charge is 2.55. The molecule has 134 valence electrons. The smallest absolute Gasteiger partial charge is 0.0951 e. The van der Waals surface area contributed by atoms with E-state index >= 15 is 0 Å². The maximum absolute atomic E-state index is 11.4. The van der Waals surface area contributed by atoms with Crippen LogP contribution >= 0.6 is 0 Å². The summed E-state index contributed by atoms with van der Waals surface area (Å²) in [5.74, 6) is 0.356. The number of likely N-dealkylation sites (tertiary alicyclic amines) is 1. The molecule has 0 amide bonds. The Morgan fingerprint density at radius 1 is 1.33 bits per heavy atom. The van der Waals surface area contributed by atoms with E-state index in [4.69, 9.17) is 9.47 Å². The Bertz CT molecular complexity index is 576.